The summed E-state index contributed by atoms with van der Waals surface area (Å²) < 4.78 is 14.7. The van der Waals surface area contributed by atoms with E-state index in [1.165, 1.54) is 12.1 Å². The summed E-state index contributed by atoms with van der Waals surface area (Å²) in [6.45, 7) is 0.400. The van der Waals surface area contributed by atoms with Crippen molar-refractivity contribution in [2.24, 2.45) is 7.05 Å². The first kappa shape index (κ1) is 16.9. The van der Waals surface area contributed by atoms with E-state index in [-0.39, 0.29) is 11.7 Å². The van der Waals surface area contributed by atoms with Gasteiger partial charge in [0.1, 0.15) is 5.82 Å². The average molecular weight is 337 g/mol. The number of nitrogens with one attached hydrogen (secondary N) is 1. The molecule has 0 spiro atoms. The van der Waals surface area contributed by atoms with E-state index in [1.807, 2.05) is 43.6 Å². The number of carbonyl (C=O) groups excluding carboxylic acids is 1. The van der Waals surface area contributed by atoms with Gasteiger partial charge in [-0.2, -0.15) is 5.10 Å². The van der Waals surface area contributed by atoms with Crippen molar-refractivity contribution in [3.05, 3.63) is 77.7 Å². The van der Waals surface area contributed by atoms with Crippen LogP contribution in [-0.2, 0) is 24.8 Å². The molecule has 1 heterocycles. The van der Waals surface area contributed by atoms with Crippen molar-refractivity contribution in [2.75, 3.05) is 0 Å². The number of aryl methyl sites for hydroxylation is 2. The largest absolute Gasteiger partial charge is 0.352 e. The van der Waals surface area contributed by atoms with Crippen molar-refractivity contribution < 1.29 is 9.18 Å². The quantitative estimate of drug-likeness (QED) is 0.749. The lowest BCUT2D eigenvalue weighted by molar-refractivity contribution is -0.121. The van der Waals surface area contributed by atoms with Crippen LogP contribution in [0.5, 0.6) is 0 Å². The van der Waals surface area contributed by atoms with Crippen LogP contribution in [0.25, 0.3) is 11.3 Å². The zero-order valence-electron chi connectivity index (χ0n) is 14.1. The summed E-state index contributed by atoms with van der Waals surface area (Å²) in [6, 6.07) is 16.1. The third kappa shape index (κ3) is 4.53. The van der Waals surface area contributed by atoms with Crippen LogP contribution in [0.3, 0.4) is 0 Å². The van der Waals surface area contributed by atoms with Gasteiger partial charge in [-0.15, -0.1) is 0 Å². The molecule has 4 nitrogen and oxygen atoms in total. The number of hydrogen-bond donors (Lipinski definition) is 1. The predicted octanol–water partition coefficient (Wildman–Crippen LogP) is 3.48. The van der Waals surface area contributed by atoms with Gasteiger partial charge in [0, 0.05) is 31.8 Å². The zero-order valence-corrected chi connectivity index (χ0v) is 14.1. The van der Waals surface area contributed by atoms with Gasteiger partial charge >= 0.3 is 0 Å². The number of hydrogen-bond acceptors (Lipinski definition) is 2. The molecule has 0 atom stereocenters. The second-order valence-corrected chi connectivity index (χ2v) is 5.95. The molecule has 0 saturated heterocycles. The lowest BCUT2D eigenvalue weighted by Gasteiger charge is -2.06. The van der Waals surface area contributed by atoms with E-state index in [4.69, 9.17) is 0 Å². The highest BCUT2D eigenvalue weighted by atomic mass is 19.1. The smallest absolute Gasteiger partial charge is 0.220 e. The Balaban J connectivity index is 1.58. The highest BCUT2D eigenvalue weighted by molar-refractivity contribution is 5.76. The van der Waals surface area contributed by atoms with E-state index in [9.17, 15) is 9.18 Å². The Bertz CT molecular complexity index is 841. The van der Waals surface area contributed by atoms with Crippen molar-refractivity contribution in [1.29, 1.82) is 0 Å². The monoisotopic (exact) mass is 337 g/mol. The molecule has 0 aliphatic carbocycles. The molecule has 1 aromatic heterocycles. The van der Waals surface area contributed by atoms with Crippen LogP contribution >= 0.6 is 0 Å². The Hall–Kier alpha value is -2.95. The van der Waals surface area contributed by atoms with Crippen molar-refractivity contribution in [2.45, 2.75) is 19.4 Å². The molecule has 1 amide bonds. The molecule has 0 aliphatic heterocycles. The van der Waals surface area contributed by atoms with Crippen molar-refractivity contribution in [3.63, 3.8) is 0 Å². The topological polar surface area (TPSA) is 46.9 Å². The number of nitrogens with zero attached hydrogens (tertiary/aromatic N) is 2. The maximum atomic E-state index is 12.9. The maximum absolute atomic E-state index is 12.9. The number of benzene rings is 2. The number of halogens is 1. The third-order valence-corrected chi connectivity index (χ3v) is 3.98. The Morgan fingerprint density at radius 1 is 1.12 bits per heavy atom. The molecule has 0 radical (unpaired) electrons. The van der Waals surface area contributed by atoms with Gasteiger partial charge in [0.05, 0.1) is 5.69 Å². The molecule has 0 unspecified atom stereocenters. The summed E-state index contributed by atoms with van der Waals surface area (Å²) in [4.78, 5) is 12.1. The first-order valence-corrected chi connectivity index (χ1v) is 8.21. The minimum atomic E-state index is -0.278. The van der Waals surface area contributed by atoms with Gasteiger partial charge in [0.2, 0.25) is 5.91 Å². The fourth-order valence-corrected chi connectivity index (χ4v) is 2.70. The van der Waals surface area contributed by atoms with Gasteiger partial charge in [-0.1, -0.05) is 42.5 Å². The van der Waals surface area contributed by atoms with Crippen LogP contribution in [0.15, 0.2) is 60.8 Å². The molecule has 2 aromatic carbocycles. The molecule has 3 aromatic rings. The van der Waals surface area contributed by atoms with Crippen LogP contribution in [0.4, 0.5) is 4.39 Å². The fraction of sp³-hybridized carbons (Fsp3) is 0.200. The van der Waals surface area contributed by atoms with Crippen molar-refractivity contribution in [1.82, 2.24) is 15.1 Å². The number of amides is 1. The van der Waals surface area contributed by atoms with Gasteiger partial charge in [-0.3, -0.25) is 9.48 Å². The molecule has 1 N–H and O–H groups in total. The van der Waals surface area contributed by atoms with Crippen LogP contribution in [0, 0.1) is 5.82 Å². The summed E-state index contributed by atoms with van der Waals surface area (Å²) >= 11 is 0. The summed E-state index contributed by atoms with van der Waals surface area (Å²) in [5, 5.41) is 7.38. The first-order valence-electron chi connectivity index (χ1n) is 8.21. The first-order chi connectivity index (χ1) is 12.1. The van der Waals surface area contributed by atoms with Gasteiger partial charge in [-0.05, 0) is 29.7 Å². The van der Waals surface area contributed by atoms with Crippen LogP contribution in [0.1, 0.15) is 17.5 Å². The molecule has 0 aliphatic rings. The Kier molecular flexibility index (Phi) is 5.23. The number of carbonyl (C=O) groups is 1. The van der Waals surface area contributed by atoms with Crippen molar-refractivity contribution >= 4 is 5.91 Å². The summed E-state index contributed by atoms with van der Waals surface area (Å²) in [7, 11) is 1.88. The van der Waals surface area contributed by atoms with E-state index in [2.05, 4.69) is 10.4 Å². The molecular formula is C20H20FN3O. The van der Waals surface area contributed by atoms with E-state index in [1.54, 1.807) is 16.8 Å². The van der Waals surface area contributed by atoms with Gasteiger partial charge in [0.15, 0.2) is 0 Å². The SMILES string of the molecule is Cn1cc(CCC(=O)NCc2ccc(F)cc2)c(-c2ccccc2)n1. The van der Waals surface area contributed by atoms with E-state index < -0.39 is 0 Å². The highest BCUT2D eigenvalue weighted by Crippen LogP contribution is 2.22. The minimum absolute atomic E-state index is 0.0350. The lowest BCUT2D eigenvalue weighted by atomic mass is 10.0. The fourth-order valence-electron chi connectivity index (χ4n) is 2.70. The van der Waals surface area contributed by atoms with E-state index >= 15 is 0 Å². The predicted molar refractivity (Wildman–Crippen MR) is 95.2 cm³/mol. The molecule has 0 saturated carbocycles. The van der Waals surface area contributed by atoms with Crippen molar-refractivity contribution in [3.8, 4) is 11.3 Å². The average Bonchev–Trinajstić information content (AvgIpc) is 3.01. The summed E-state index contributed by atoms with van der Waals surface area (Å²) in [6.07, 6.45) is 2.95. The number of aromatic nitrogens is 2. The third-order valence-electron chi connectivity index (χ3n) is 3.98. The second kappa shape index (κ2) is 7.75. The molecule has 128 valence electrons. The molecule has 0 bridgehead atoms. The summed E-state index contributed by atoms with van der Waals surface area (Å²) in [5.74, 6) is -0.313. The minimum Gasteiger partial charge on any atom is -0.352 e. The molecule has 5 heteroatoms. The molecule has 3 rings (SSSR count). The normalized spacial score (nSPS) is 10.6. The molecule has 0 fully saturated rings. The molecule has 25 heavy (non-hydrogen) atoms. The maximum Gasteiger partial charge on any atom is 0.220 e. The lowest BCUT2D eigenvalue weighted by Crippen LogP contribution is -2.23. The van der Waals surface area contributed by atoms with Gasteiger partial charge in [0.25, 0.3) is 0 Å². The standard InChI is InChI=1S/C20H20FN3O/c1-24-14-17(20(23-24)16-5-3-2-4-6-16)9-12-19(25)22-13-15-7-10-18(21)11-8-15/h2-8,10-11,14H,9,12-13H2,1H3,(H,22,25). The van der Waals surface area contributed by atoms with Crippen LogP contribution in [0.2, 0.25) is 0 Å². The zero-order chi connectivity index (χ0) is 17.6. The van der Waals surface area contributed by atoms with E-state index in [0.29, 0.717) is 19.4 Å². The van der Waals surface area contributed by atoms with Crippen LogP contribution < -0.4 is 5.32 Å². The van der Waals surface area contributed by atoms with Gasteiger partial charge in [-0.25, -0.2) is 4.39 Å². The summed E-state index contributed by atoms with van der Waals surface area (Å²) in [5.41, 5.74) is 3.88. The molecular weight excluding hydrogens is 317 g/mol. The Morgan fingerprint density at radius 2 is 1.84 bits per heavy atom. The second-order valence-electron chi connectivity index (χ2n) is 5.95. The van der Waals surface area contributed by atoms with E-state index in [0.717, 1.165) is 22.4 Å². The highest BCUT2D eigenvalue weighted by Gasteiger charge is 2.11. The Morgan fingerprint density at radius 3 is 2.56 bits per heavy atom. The van der Waals surface area contributed by atoms with Crippen LogP contribution in [-0.4, -0.2) is 15.7 Å². The number of rotatable bonds is 6. The Labute approximate surface area is 146 Å². The van der Waals surface area contributed by atoms with Gasteiger partial charge < -0.3 is 5.32 Å².